The van der Waals surface area contributed by atoms with Crippen LogP contribution in [0.5, 0.6) is 0 Å². The van der Waals surface area contributed by atoms with E-state index in [0.717, 1.165) is 10.0 Å². The SMILES string of the molecule is O=c1c2ccccc2nc(/C=C\c2cccc(Br)c2)n1-c1cccc([N+](=O)[O-])c1. The molecule has 0 saturated carbocycles. The summed E-state index contributed by atoms with van der Waals surface area (Å²) in [5.41, 5.74) is 1.49. The van der Waals surface area contributed by atoms with Gasteiger partial charge in [-0.25, -0.2) is 4.98 Å². The molecule has 4 rings (SSSR count). The Morgan fingerprint density at radius 1 is 0.966 bits per heavy atom. The first-order valence-corrected chi connectivity index (χ1v) is 9.52. The Hall–Kier alpha value is -3.58. The van der Waals surface area contributed by atoms with Gasteiger partial charge >= 0.3 is 0 Å². The van der Waals surface area contributed by atoms with Crippen molar-refractivity contribution in [1.82, 2.24) is 9.55 Å². The molecule has 1 aromatic heterocycles. The first kappa shape index (κ1) is 18.8. The molecule has 29 heavy (non-hydrogen) atoms. The Balaban J connectivity index is 1.95. The molecule has 0 atom stereocenters. The van der Waals surface area contributed by atoms with E-state index in [1.807, 2.05) is 36.4 Å². The molecule has 0 fully saturated rings. The Labute approximate surface area is 174 Å². The Kier molecular flexibility index (Phi) is 5.05. The Bertz CT molecular complexity index is 1330. The van der Waals surface area contributed by atoms with E-state index in [2.05, 4.69) is 20.9 Å². The lowest BCUT2D eigenvalue weighted by atomic mass is 10.2. The predicted octanol–water partition coefficient (Wildman–Crippen LogP) is 5.23. The summed E-state index contributed by atoms with van der Waals surface area (Å²) in [7, 11) is 0. The van der Waals surface area contributed by atoms with E-state index >= 15 is 0 Å². The zero-order valence-electron chi connectivity index (χ0n) is 15.0. The van der Waals surface area contributed by atoms with E-state index in [0.29, 0.717) is 22.4 Å². The minimum Gasteiger partial charge on any atom is -0.268 e. The lowest BCUT2D eigenvalue weighted by Crippen LogP contribution is -2.22. The molecule has 0 aliphatic heterocycles. The van der Waals surface area contributed by atoms with Gasteiger partial charge in [0.15, 0.2) is 0 Å². The minimum atomic E-state index is -0.486. The normalized spacial score (nSPS) is 11.2. The third kappa shape index (κ3) is 3.86. The van der Waals surface area contributed by atoms with E-state index < -0.39 is 4.92 Å². The van der Waals surface area contributed by atoms with Crippen LogP contribution in [-0.4, -0.2) is 14.5 Å². The van der Waals surface area contributed by atoms with Crippen molar-refractivity contribution in [2.75, 3.05) is 0 Å². The van der Waals surface area contributed by atoms with E-state index in [-0.39, 0.29) is 11.2 Å². The van der Waals surface area contributed by atoms with Crippen LogP contribution in [0.1, 0.15) is 11.4 Å². The first-order chi connectivity index (χ1) is 14.0. The highest BCUT2D eigenvalue weighted by Gasteiger charge is 2.14. The molecular weight excluding hydrogens is 434 g/mol. The van der Waals surface area contributed by atoms with Crippen LogP contribution in [0.25, 0.3) is 28.7 Å². The number of nitro groups is 1. The molecule has 0 spiro atoms. The molecule has 0 bridgehead atoms. The van der Waals surface area contributed by atoms with Gasteiger partial charge in [-0.2, -0.15) is 0 Å². The van der Waals surface area contributed by atoms with Crippen molar-refractivity contribution >= 4 is 44.7 Å². The Morgan fingerprint density at radius 3 is 2.55 bits per heavy atom. The van der Waals surface area contributed by atoms with Crippen molar-refractivity contribution < 1.29 is 4.92 Å². The summed E-state index contributed by atoms with van der Waals surface area (Å²) in [5.74, 6) is 0.383. The van der Waals surface area contributed by atoms with Crippen molar-refractivity contribution in [1.29, 1.82) is 0 Å². The van der Waals surface area contributed by atoms with Gasteiger partial charge in [0, 0.05) is 16.6 Å². The average Bonchev–Trinajstić information content (AvgIpc) is 2.72. The maximum absolute atomic E-state index is 13.2. The van der Waals surface area contributed by atoms with Crippen LogP contribution in [0.15, 0.2) is 82.1 Å². The molecular formula is C22H14BrN3O3. The van der Waals surface area contributed by atoms with Gasteiger partial charge in [-0.3, -0.25) is 19.5 Å². The van der Waals surface area contributed by atoms with Crippen molar-refractivity contribution in [3.63, 3.8) is 0 Å². The molecule has 3 aromatic carbocycles. The zero-order valence-corrected chi connectivity index (χ0v) is 16.6. The predicted molar refractivity (Wildman–Crippen MR) is 117 cm³/mol. The molecule has 0 radical (unpaired) electrons. The third-order valence-corrected chi connectivity index (χ3v) is 4.87. The molecule has 0 unspecified atom stereocenters. The van der Waals surface area contributed by atoms with E-state index in [1.54, 1.807) is 36.4 Å². The standard InChI is InChI=1S/C22H14BrN3O3/c23-16-6-3-5-15(13-16)11-12-21-24-20-10-2-1-9-19(20)22(27)25(21)17-7-4-8-18(14-17)26(28)29/h1-14H/b12-11-. The summed E-state index contributed by atoms with van der Waals surface area (Å²) in [5, 5.41) is 11.6. The summed E-state index contributed by atoms with van der Waals surface area (Å²) in [6, 6.07) is 20.7. The number of nitrogens with zero attached hydrogens (tertiary/aromatic N) is 3. The largest absolute Gasteiger partial charge is 0.271 e. The number of rotatable bonds is 4. The Morgan fingerprint density at radius 2 is 1.76 bits per heavy atom. The summed E-state index contributed by atoms with van der Waals surface area (Å²) in [6.07, 6.45) is 3.57. The van der Waals surface area contributed by atoms with Crippen LogP contribution >= 0.6 is 15.9 Å². The molecule has 0 aliphatic carbocycles. The van der Waals surface area contributed by atoms with Gasteiger partial charge in [-0.15, -0.1) is 0 Å². The van der Waals surface area contributed by atoms with Crippen molar-refractivity contribution in [3.8, 4) is 5.69 Å². The van der Waals surface area contributed by atoms with Gasteiger partial charge < -0.3 is 0 Å². The highest BCUT2D eigenvalue weighted by molar-refractivity contribution is 9.10. The van der Waals surface area contributed by atoms with Crippen LogP contribution in [0.4, 0.5) is 5.69 Å². The van der Waals surface area contributed by atoms with Gasteiger partial charge in [-0.05, 0) is 42.0 Å². The quantitative estimate of drug-likeness (QED) is 0.317. The molecule has 0 saturated heterocycles. The minimum absolute atomic E-state index is 0.0931. The zero-order chi connectivity index (χ0) is 20.4. The lowest BCUT2D eigenvalue weighted by Gasteiger charge is -2.11. The number of fused-ring (bicyclic) bond motifs is 1. The summed E-state index contributed by atoms with van der Waals surface area (Å²) in [4.78, 5) is 28.5. The molecule has 0 N–H and O–H groups in total. The second-order valence-electron chi connectivity index (χ2n) is 6.29. The summed E-state index contributed by atoms with van der Waals surface area (Å²) >= 11 is 3.44. The molecule has 6 nitrogen and oxygen atoms in total. The van der Waals surface area contributed by atoms with E-state index in [1.165, 1.54) is 16.7 Å². The summed E-state index contributed by atoms with van der Waals surface area (Å²) < 4.78 is 2.33. The van der Waals surface area contributed by atoms with E-state index in [4.69, 9.17) is 0 Å². The van der Waals surface area contributed by atoms with Crippen molar-refractivity contribution in [2.24, 2.45) is 0 Å². The lowest BCUT2D eigenvalue weighted by molar-refractivity contribution is -0.384. The fraction of sp³-hybridized carbons (Fsp3) is 0. The fourth-order valence-electron chi connectivity index (χ4n) is 3.04. The number of non-ortho nitro benzene ring substituents is 1. The van der Waals surface area contributed by atoms with Crippen LogP contribution in [-0.2, 0) is 0 Å². The number of halogens is 1. The summed E-state index contributed by atoms with van der Waals surface area (Å²) in [6.45, 7) is 0. The molecule has 1 heterocycles. The number of hydrogen-bond donors (Lipinski definition) is 0. The number of para-hydroxylation sites is 1. The molecule has 0 aliphatic rings. The van der Waals surface area contributed by atoms with Crippen LogP contribution in [0.2, 0.25) is 0 Å². The fourth-order valence-corrected chi connectivity index (χ4v) is 3.45. The molecule has 142 valence electrons. The van der Waals surface area contributed by atoms with Gasteiger partial charge in [0.1, 0.15) is 5.82 Å². The number of nitro benzene ring substituents is 1. The second-order valence-corrected chi connectivity index (χ2v) is 7.21. The van der Waals surface area contributed by atoms with Crippen molar-refractivity contribution in [2.45, 2.75) is 0 Å². The van der Waals surface area contributed by atoms with Gasteiger partial charge in [0.05, 0.1) is 21.5 Å². The maximum Gasteiger partial charge on any atom is 0.271 e. The van der Waals surface area contributed by atoms with Crippen LogP contribution in [0.3, 0.4) is 0 Å². The number of aromatic nitrogens is 2. The van der Waals surface area contributed by atoms with E-state index in [9.17, 15) is 14.9 Å². The second kappa shape index (κ2) is 7.81. The molecule has 4 aromatic rings. The highest BCUT2D eigenvalue weighted by atomic mass is 79.9. The smallest absolute Gasteiger partial charge is 0.268 e. The monoisotopic (exact) mass is 447 g/mol. The maximum atomic E-state index is 13.2. The molecule has 7 heteroatoms. The van der Waals surface area contributed by atoms with Crippen LogP contribution < -0.4 is 5.56 Å². The first-order valence-electron chi connectivity index (χ1n) is 8.73. The highest BCUT2D eigenvalue weighted by Crippen LogP contribution is 2.20. The van der Waals surface area contributed by atoms with Crippen molar-refractivity contribution in [3.05, 3.63) is 109 Å². The third-order valence-electron chi connectivity index (χ3n) is 4.37. The number of hydrogen-bond acceptors (Lipinski definition) is 4. The van der Waals surface area contributed by atoms with Crippen LogP contribution in [0, 0.1) is 10.1 Å². The van der Waals surface area contributed by atoms with Gasteiger partial charge in [0.2, 0.25) is 0 Å². The number of benzene rings is 3. The molecule has 0 amide bonds. The topological polar surface area (TPSA) is 78.0 Å². The van der Waals surface area contributed by atoms with Gasteiger partial charge in [-0.1, -0.05) is 52.3 Å². The van der Waals surface area contributed by atoms with Gasteiger partial charge in [0.25, 0.3) is 11.2 Å². The average molecular weight is 448 g/mol.